The highest BCUT2D eigenvalue weighted by Crippen LogP contribution is 2.31. The maximum atomic E-state index is 9.12. The van der Waals surface area contributed by atoms with Gasteiger partial charge in [-0.15, -0.1) is 0 Å². The molecule has 0 bridgehead atoms. The lowest BCUT2D eigenvalue weighted by atomic mass is 10.1. The van der Waals surface area contributed by atoms with Gasteiger partial charge < -0.3 is 14.6 Å². The quantitative estimate of drug-likeness (QED) is 0.897. The first-order chi connectivity index (χ1) is 8.78. The maximum Gasteiger partial charge on any atom is 0.161 e. The van der Waals surface area contributed by atoms with Gasteiger partial charge in [-0.25, -0.2) is 0 Å². The molecule has 0 saturated carbocycles. The van der Waals surface area contributed by atoms with Gasteiger partial charge in [-0.1, -0.05) is 0 Å². The number of aliphatic hydroxyl groups excluding tert-OH is 1. The molecule has 0 unspecified atom stereocenters. The smallest absolute Gasteiger partial charge is 0.161 e. The van der Waals surface area contributed by atoms with Crippen molar-refractivity contribution in [2.24, 2.45) is 0 Å². The second kappa shape index (κ2) is 5.51. The van der Waals surface area contributed by atoms with Crippen molar-refractivity contribution in [3.63, 3.8) is 0 Å². The molecule has 0 aliphatic carbocycles. The minimum Gasteiger partial charge on any atom is -0.493 e. The van der Waals surface area contributed by atoms with E-state index < -0.39 is 0 Å². The summed E-state index contributed by atoms with van der Waals surface area (Å²) in [6, 6.07) is 9.24. The summed E-state index contributed by atoms with van der Waals surface area (Å²) >= 11 is 0. The van der Waals surface area contributed by atoms with Gasteiger partial charge in [-0.3, -0.25) is 4.98 Å². The summed E-state index contributed by atoms with van der Waals surface area (Å²) < 4.78 is 10.4. The number of nitrogens with zero attached hydrogens (tertiary/aromatic N) is 1. The van der Waals surface area contributed by atoms with Gasteiger partial charge in [-0.2, -0.15) is 0 Å². The minimum atomic E-state index is 0.00279. The largest absolute Gasteiger partial charge is 0.493 e. The first kappa shape index (κ1) is 12.4. The van der Waals surface area contributed by atoms with Gasteiger partial charge in [0.2, 0.25) is 0 Å². The van der Waals surface area contributed by atoms with Crippen molar-refractivity contribution in [2.75, 3.05) is 14.2 Å². The zero-order chi connectivity index (χ0) is 13.0. The van der Waals surface area contributed by atoms with Gasteiger partial charge in [-0.05, 0) is 35.9 Å². The number of methoxy groups -OCH3 is 2. The van der Waals surface area contributed by atoms with Crippen molar-refractivity contribution in [1.29, 1.82) is 0 Å². The van der Waals surface area contributed by atoms with Crippen LogP contribution in [0, 0.1) is 0 Å². The molecule has 0 amide bonds. The van der Waals surface area contributed by atoms with Crippen LogP contribution in [0.15, 0.2) is 36.5 Å². The summed E-state index contributed by atoms with van der Waals surface area (Å²) in [6.45, 7) is 0.00279. The highest BCUT2D eigenvalue weighted by atomic mass is 16.5. The van der Waals surface area contributed by atoms with Gasteiger partial charge in [0.25, 0.3) is 0 Å². The van der Waals surface area contributed by atoms with Crippen LogP contribution < -0.4 is 9.47 Å². The number of benzene rings is 1. The summed E-state index contributed by atoms with van der Waals surface area (Å²) in [7, 11) is 3.20. The third kappa shape index (κ3) is 2.43. The molecule has 94 valence electrons. The molecule has 0 aliphatic rings. The van der Waals surface area contributed by atoms with Crippen LogP contribution >= 0.6 is 0 Å². The van der Waals surface area contributed by atoms with Crippen LogP contribution in [-0.4, -0.2) is 24.3 Å². The molecular formula is C14H15NO3. The fraction of sp³-hybridized carbons (Fsp3) is 0.214. The number of hydrogen-bond donors (Lipinski definition) is 1. The average Bonchev–Trinajstić information content (AvgIpc) is 2.46. The van der Waals surface area contributed by atoms with Gasteiger partial charge in [0, 0.05) is 11.8 Å². The summed E-state index contributed by atoms with van der Waals surface area (Å²) in [6.07, 6.45) is 1.68. The third-order valence-electron chi connectivity index (χ3n) is 2.69. The van der Waals surface area contributed by atoms with E-state index in [0.717, 1.165) is 16.8 Å². The normalized spacial score (nSPS) is 10.2. The van der Waals surface area contributed by atoms with Crippen LogP contribution in [0.2, 0.25) is 0 Å². The molecule has 2 aromatic rings. The number of ether oxygens (including phenoxy) is 2. The van der Waals surface area contributed by atoms with Gasteiger partial charge in [0.15, 0.2) is 11.5 Å². The Kier molecular flexibility index (Phi) is 3.79. The maximum absolute atomic E-state index is 9.12. The lowest BCUT2D eigenvalue weighted by molar-refractivity contribution is 0.282. The first-order valence-corrected chi connectivity index (χ1v) is 5.56. The van der Waals surface area contributed by atoms with Crippen LogP contribution in [0.5, 0.6) is 11.5 Å². The van der Waals surface area contributed by atoms with Crippen molar-refractivity contribution in [3.8, 4) is 22.8 Å². The van der Waals surface area contributed by atoms with Crippen molar-refractivity contribution < 1.29 is 14.6 Å². The van der Waals surface area contributed by atoms with Gasteiger partial charge in [0.1, 0.15) is 0 Å². The molecule has 0 radical (unpaired) electrons. The SMILES string of the molecule is COc1ccc(-c2cc(CO)ccn2)cc1OC. The number of aliphatic hydroxyl groups is 1. The zero-order valence-electron chi connectivity index (χ0n) is 10.4. The molecule has 1 aromatic heterocycles. The highest BCUT2D eigenvalue weighted by molar-refractivity contribution is 5.64. The number of hydrogen-bond acceptors (Lipinski definition) is 4. The zero-order valence-corrected chi connectivity index (χ0v) is 10.4. The molecule has 1 aromatic carbocycles. The number of pyridine rings is 1. The molecule has 0 fully saturated rings. The molecule has 4 nitrogen and oxygen atoms in total. The summed E-state index contributed by atoms with van der Waals surface area (Å²) in [5.41, 5.74) is 2.54. The standard InChI is InChI=1S/C14H15NO3/c1-17-13-4-3-11(8-14(13)18-2)12-7-10(9-16)5-6-15-12/h3-8,16H,9H2,1-2H3. The molecule has 0 spiro atoms. The van der Waals surface area contributed by atoms with E-state index in [9.17, 15) is 0 Å². The van der Waals surface area contributed by atoms with E-state index in [1.165, 1.54) is 0 Å². The average molecular weight is 245 g/mol. The second-order valence-corrected chi connectivity index (χ2v) is 3.78. The topological polar surface area (TPSA) is 51.6 Å². The lowest BCUT2D eigenvalue weighted by Gasteiger charge is -2.09. The van der Waals surface area contributed by atoms with Crippen LogP contribution in [0.1, 0.15) is 5.56 Å². The van der Waals surface area contributed by atoms with Crippen LogP contribution in [0.3, 0.4) is 0 Å². The van der Waals surface area contributed by atoms with E-state index in [1.54, 1.807) is 26.5 Å². The van der Waals surface area contributed by atoms with Crippen molar-refractivity contribution in [2.45, 2.75) is 6.61 Å². The van der Waals surface area contributed by atoms with Crippen LogP contribution in [0.4, 0.5) is 0 Å². The Morgan fingerprint density at radius 3 is 2.50 bits per heavy atom. The van der Waals surface area contributed by atoms with Crippen molar-refractivity contribution >= 4 is 0 Å². The van der Waals surface area contributed by atoms with Crippen molar-refractivity contribution in [1.82, 2.24) is 4.98 Å². The summed E-state index contributed by atoms with van der Waals surface area (Å²) in [5.74, 6) is 1.34. The molecule has 0 aliphatic heterocycles. The molecule has 1 N–H and O–H groups in total. The van der Waals surface area contributed by atoms with E-state index >= 15 is 0 Å². The summed E-state index contributed by atoms with van der Waals surface area (Å²) in [5, 5.41) is 9.12. The predicted molar refractivity (Wildman–Crippen MR) is 68.7 cm³/mol. The Hall–Kier alpha value is -2.07. The van der Waals surface area contributed by atoms with Crippen LogP contribution in [-0.2, 0) is 6.61 Å². The second-order valence-electron chi connectivity index (χ2n) is 3.78. The number of rotatable bonds is 4. The van der Waals surface area contributed by atoms with E-state index in [0.29, 0.717) is 11.5 Å². The minimum absolute atomic E-state index is 0.00279. The fourth-order valence-electron chi connectivity index (χ4n) is 1.73. The van der Waals surface area contributed by atoms with Gasteiger partial charge in [0.05, 0.1) is 26.5 Å². The predicted octanol–water partition coefficient (Wildman–Crippen LogP) is 2.26. The van der Waals surface area contributed by atoms with Crippen molar-refractivity contribution in [3.05, 3.63) is 42.1 Å². The Morgan fingerprint density at radius 1 is 1.06 bits per heavy atom. The fourth-order valence-corrected chi connectivity index (χ4v) is 1.73. The molecule has 1 heterocycles. The first-order valence-electron chi connectivity index (χ1n) is 5.56. The highest BCUT2D eigenvalue weighted by Gasteiger charge is 2.07. The van der Waals surface area contributed by atoms with Gasteiger partial charge >= 0.3 is 0 Å². The van der Waals surface area contributed by atoms with Crippen LogP contribution in [0.25, 0.3) is 11.3 Å². The van der Waals surface area contributed by atoms with E-state index in [-0.39, 0.29) is 6.61 Å². The molecule has 0 atom stereocenters. The Morgan fingerprint density at radius 2 is 1.83 bits per heavy atom. The lowest BCUT2D eigenvalue weighted by Crippen LogP contribution is -1.92. The van der Waals surface area contributed by atoms with E-state index in [1.807, 2.05) is 24.3 Å². The monoisotopic (exact) mass is 245 g/mol. The van der Waals surface area contributed by atoms with E-state index in [2.05, 4.69) is 4.98 Å². The third-order valence-corrected chi connectivity index (χ3v) is 2.69. The molecule has 0 saturated heterocycles. The molecule has 18 heavy (non-hydrogen) atoms. The molecule has 4 heteroatoms. The van der Waals surface area contributed by atoms with E-state index in [4.69, 9.17) is 14.6 Å². The Balaban J connectivity index is 2.43. The molecule has 2 rings (SSSR count). The Bertz CT molecular complexity index is 540. The molecular weight excluding hydrogens is 230 g/mol. The summed E-state index contributed by atoms with van der Waals surface area (Å²) in [4.78, 5) is 4.28. The number of aromatic nitrogens is 1. The Labute approximate surface area is 106 Å².